The van der Waals surface area contributed by atoms with E-state index in [-0.39, 0.29) is 11.8 Å². The first-order valence-corrected chi connectivity index (χ1v) is 12.2. The Morgan fingerprint density at radius 1 is 1.08 bits per heavy atom. The third-order valence-corrected chi connectivity index (χ3v) is 6.17. The summed E-state index contributed by atoms with van der Waals surface area (Å²) in [6, 6.07) is 4.20. The number of anilines is 1. The SMILES string of the molecule is CCN(CC)CCNC(=O)c1c(C)[nH]c(/C=C2\C(=O)Nc3ccc(F)cc32)c1C.O=C(O)[C@@H](O)[C@H](O)C(=O)O. The maximum Gasteiger partial charge on any atom is 0.335 e. The number of hydrogen-bond donors (Lipinski definition) is 7. The molecular weight excluding hydrogens is 515 g/mol. The number of carbonyl (C=O) groups is 4. The molecule has 0 radical (unpaired) electrons. The molecule has 0 unspecified atom stereocenters. The topological polar surface area (TPSA) is 192 Å². The lowest BCUT2D eigenvalue weighted by molar-refractivity contribution is -0.165. The Bertz CT molecular complexity index is 1250. The summed E-state index contributed by atoms with van der Waals surface area (Å²) in [5.74, 6) is -4.37. The number of aliphatic carboxylic acids is 2. The molecule has 0 saturated heterocycles. The molecule has 2 heterocycles. The van der Waals surface area contributed by atoms with Crippen LogP contribution in [0.5, 0.6) is 0 Å². The minimum atomic E-state index is -2.27. The van der Waals surface area contributed by atoms with E-state index in [1.54, 1.807) is 12.1 Å². The molecule has 13 heteroatoms. The van der Waals surface area contributed by atoms with Gasteiger partial charge in [0.15, 0.2) is 12.2 Å². The lowest BCUT2D eigenvalue weighted by Crippen LogP contribution is -2.39. The molecule has 7 N–H and O–H groups in total. The maximum absolute atomic E-state index is 13.7. The predicted octanol–water partition coefficient (Wildman–Crippen LogP) is 1.21. The van der Waals surface area contributed by atoms with Crippen molar-refractivity contribution in [3.8, 4) is 0 Å². The van der Waals surface area contributed by atoms with E-state index in [4.69, 9.17) is 20.4 Å². The van der Waals surface area contributed by atoms with Crippen LogP contribution in [0.15, 0.2) is 18.2 Å². The molecule has 1 aliphatic rings. The Hall–Kier alpha value is -4.07. The van der Waals surface area contributed by atoms with Crippen molar-refractivity contribution < 1.29 is 44.0 Å². The average Bonchev–Trinajstić information content (AvgIpc) is 3.35. The summed E-state index contributed by atoms with van der Waals surface area (Å²) < 4.78 is 13.7. The van der Waals surface area contributed by atoms with Crippen molar-refractivity contribution in [2.45, 2.75) is 39.9 Å². The molecule has 212 valence electrons. The van der Waals surface area contributed by atoms with Crippen molar-refractivity contribution in [3.05, 3.63) is 52.1 Å². The molecule has 2 aromatic rings. The minimum Gasteiger partial charge on any atom is -0.479 e. The fourth-order valence-corrected chi connectivity index (χ4v) is 3.93. The van der Waals surface area contributed by atoms with Gasteiger partial charge in [-0.3, -0.25) is 9.59 Å². The Balaban J connectivity index is 0.000000455. The first-order chi connectivity index (χ1) is 18.3. The summed E-state index contributed by atoms with van der Waals surface area (Å²) in [5, 5.41) is 38.2. The van der Waals surface area contributed by atoms with Crippen LogP contribution in [0.4, 0.5) is 10.1 Å². The molecule has 1 aromatic heterocycles. The molecule has 0 bridgehead atoms. The number of hydrogen-bond acceptors (Lipinski definition) is 7. The lowest BCUT2D eigenvalue weighted by atomic mass is 10.0. The molecule has 0 aliphatic carbocycles. The summed E-state index contributed by atoms with van der Waals surface area (Å²) in [4.78, 5) is 50.0. The zero-order valence-electron chi connectivity index (χ0n) is 22.0. The van der Waals surface area contributed by atoms with Crippen LogP contribution in [0.3, 0.4) is 0 Å². The number of carboxylic acids is 2. The van der Waals surface area contributed by atoms with Crippen LogP contribution in [0.25, 0.3) is 11.6 Å². The highest BCUT2D eigenvalue weighted by Crippen LogP contribution is 2.34. The number of nitrogens with one attached hydrogen (secondary N) is 3. The van der Waals surface area contributed by atoms with E-state index in [0.717, 1.165) is 30.9 Å². The van der Waals surface area contributed by atoms with E-state index in [1.807, 2.05) is 13.8 Å². The number of amides is 2. The van der Waals surface area contributed by atoms with Gasteiger partial charge in [-0.15, -0.1) is 0 Å². The van der Waals surface area contributed by atoms with Crippen molar-refractivity contribution >= 4 is 41.1 Å². The van der Waals surface area contributed by atoms with Gasteiger partial charge in [0.25, 0.3) is 11.8 Å². The number of aromatic nitrogens is 1. The van der Waals surface area contributed by atoms with Gasteiger partial charge in [-0.2, -0.15) is 0 Å². The number of likely N-dealkylation sites (N-methyl/N-ethyl adjacent to an activating group) is 1. The highest BCUT2D eigenvalue weighted by atomic mass is 19.1. The number of H-pyrrole nitrogens is 1. The highest BCUT2D eigenvalue weighted by molar-refractivity contribution is 6.34. The molecule has 3 rings (SSSR count). The van der Waals surface area contributed by atoms with Crippen LogP contribution in [0.1, 0.15) is 46.7 Å². The molecule has 2 atom stereocenters. The number of carboxylic acid groups (broad SMARTS) is 2. The monoisotopic (exact) mass is 548 g/mol. The summed E-state index contributed by atoms with van der Waals surface area (Å²) in [5.41, 5.74) is 4.20. The van der Waals surface area contributed by atoms with Gasteiger partial charge in [0.1, 0.15) is 5.82 Å². The van der Waals surface area contributed by atoms with E-state index in [0.29, 0.717) is 34.6 Å². The third kappa shape index (κ3) is 7.72. The van der Waals surface area contributed by atoms with E-state index in [2.05, 4.69) is 34.4 Å². The van der Waals surface area contributed by atoms with Crippen molar-refractivity contribution in [2.75, 3.05) is 31.5 Å². The second-order valence-corrected chi connectivity index (χ2v) is 8.71. The van der Waals surface area contributed by atoms with Gasteiger partial charge in [0.05, 0.1) is 11.1 Å². The van der Waals surface area contributed by atoms with Crippen molar-refractivity contribution in [2.24, 2.45) is 0 Å². The van der Waals surface area contributed by atoms with Gasteiger partial charge < -0.3 is 40.9 Å². The molecule has 0 spiro atoms. The third-order valence-electron chi connectivity index (χ3n) is 6.17. The normalized spacial score (nSPS) is 14.8. The number of aryl methyl sites for hydroxylation is 1. The van der Waals surface area contributed by atoms with Gasteiger partial charge in [-0.05, 0) is 56.8 Å². The molecule has 39 heavy (non-hydrogen) atoms. The van der Waals surface area contributed by atoms with Crippen molar-refractivity contribution in [3.63, 3.8) is 0 Å². The fraction of sp³-hybridized carbons (Fsp3) is 0.385. The Morgan fingerprint density at radius 2 is 1.67 bits per heavy atom. The quantitative estimate of drug-likeness (QED) is 0.214. The molecule has 1 aliphatic heterocycles. The lowest BCUT2D eigenvalue weighted by Gasteiger charge is -2.18. The second kappa shape index (κ2) is 13.6. The van der Waals surface area contributed by atoms with Gasteiger partial charge in [0, 0.05) is 35.7 Å². The average molecular weight is 549 g/mol. The van der Waals surface area contributed by atoms with Gasteiger partial charge >= 0.3 is 11.9 Å². The van der Waals surface area contributed by atoms with Crippen LogP contribution >= 0.6 is 0 Å². The number of benzene rings is 1. The number of halogens is 1. The van der Waals surface area contributed by atoms with Gasteiger partial charge in [-0.25, -0.2) is 14.0 Å². The van der Waals surface area contributed by atoms with Crippen molar-refractivity contribution in [1.82, 2.24) is 15.2 Å². The fourth-order valence-electron chi connectivity index (χ4n) is 3.93. The minimum absolute atomic E-state index is 0.143. The zero-order valence-corrected chi connectivity index (χ0v) is 22.0. The molecular formula is C26H33FN4O8. The Kier molecular flexibility index (Phi) is 10.9. The molecule has 0 fully saturated rings. The van der Waals surface area contributed by atoms with Gasteiger partial charge in [-0.1, -0.05) is 13.8 Å². The number of carbonyl (C=O) groups excluding carboxylic acids is 2. The summed E-state index contributed by atoms with van der Waals surface area (Å²) in [6.45, 7) is 11.1. The molecule has 1 aromatic carbocycles. The molecule has 12 nitrogen and oxygen atoms in total. The maximum atomic E-state index is 13.7. The Labute approximate surface area is 224 Å². The number of aliphatic hydroxyl groups excluding tert-OH is 2. The number of nitrogens with zero attached hydrogens (tertiary/aromatic N) is 1. The summed E-state index contributed by atoms with van der Waals surface area (Å²) >= 11 is 0. The first kappa shape index (κ1) is 31.1. The molecule has 2 amide bonds. The standard InChI is InChI=1S/C22H27FN4O2.C4H6O6/c1-5-27(6-2)10-9-24-22(29)20-13(3)19(25-14(20)4)12-17-16-11-15(23)7-8-18(16)26-21(17)28;5-1(3(7)8)2(6)4(9)10/h7-8,11-12,25H,5-6,9-10H2,1-4H3,(H,24,29)(H,26,28);1-2,5-6H,(H,7,8)(H,9,10)/b17-12-;/t;1-,2-/m.0/s1. The zero-order chi connectivity index (χ0) is 29.4. The predicted molar refractivity (Wildman–Crippen MR) is 141 cm³/mol. The number of fused-ring (bicyclic) bond motifs is 1. The summed E-state index contributed by atoms with van der Waals surface area (Å²) in [6.07, 6.45) is -2.86. The smallest absolute Gasteiger partial charge is 0.335 e. The van der Waals surface area contributed by atoms with Crippen LogP contribution in [-0.4, -0.2) is 92.4 Å². The van der Waals surface area contributed by atoms with E-state index >= 15 is 0 Å². The Morgan fingerprint density at radius 3 is 2.21 bits per heavy atom. The number of aliphatic hydroxyl groups is 2. The first-order valence-electron chi connectivity index (χ1n) is 12.2. The van der Waals surface area contributed by atoms with Crippen LogP contribution < -0.4 is 10.6 Å². The van der Waals surface area contributed by atoms with E-state index in [9.17, 15) is 23.6 Å². The number of rotatable bonds is 10. The van der Waals surface area contributed by atoms with Crippen LogP contribution in [-0.2, 0) is 14.4 Å². The van der Waals surface area contributed by atoms with Crippen LogP contribution in [0, 0.1) is 19.7 Å². The van der Waals surface area contributed by atoms with Crippen LogP contribution in [0.2, 0.25) is 0 Å². The highest BCUT2D eigenvalue weighted by Gasteiger charge is 2.29. The van der Waals surface area contributed by atoms with E-state index in [1.165, 1.54) is 12.1 Å². The molecule has 0 saturated carbocycles. The van der Waals surface area contributed by atoms with E-state index < -0.39 is 30.0 Å². The van der Waals surface area contributed by atoms with Gasteiger partial charge in [0.2, 0.25) is 0 Å². The number of aromatic amines is 1. The largest absolute Gasteiger partial charge is 0.479 e. The van der Waals surface area contributed by atoms with Crippen molar-refractivity contribution in [1.29, 1.82) is 0 Å². The summed E-state index contributed by atoms with van der Waals surface area (Å²) in [7, 11) is 0. The second-order valence-electron chi connectivity index (χ2n) is 8.71.